The van der Waals surface area contributed by atoms with E-state index >= 15 is 0 Å². The molecule has 1 rings (SSSR count). The molecular weight excluding hydrogens is 322 g/mol. The highest BCUT2D eigenvalue weighted by atomic mass is 79.9. The zero-order chi connectivity index (χ0) is 15.0. The smallest absolute Gasteiger partial charge is 0.344 e. The van der Waals surface area contributed by atoms with Crippen molar-refractivity contribution in [3.05, 3.63) is 28.2 Å². The molecule has 1 aromatic rings. The van der Waals surface area contributed by atoms with Crippen molar-refractivity contribution in [1.29, 1.82) is 0 Å². The first kappa shape index (κ1) is 17.0. The molecule has 1 aromatic carbocycles. The number of carbonyl (C=O) groups excluding carboxylic acids is 1. The van der Waals surface area contributed by atoms with Gasteiger partial charge in [-0.15, -0.1) is 0 Å². The largest absolute Gasteiger partial charge is 0.482 e. The van der Waals surface area contributed by atoms with Gasteiger partial charge in [0.05, 0.1) is 6.10 Å². The summed E-state index contributed by atoms with van der Waals surface area (Å²) >= 11 is 3.51. The van der Waals surface area contributed by atoms with E-state index in [1.807, 2.05) is 32.0 Å². The number of carbonyl (C=O) groups is 1. The third kappa shape index (κ3) is 6.39. The Labute approximate surface area is 129 Å². The lowest BCUT2D eigenvalue weighted by Gasteiger charge is -2.11. The average molecular weight is 344 g/mol. The maximum absolute atomic E-state index is 11.4. The fourth-order valence-electron chi connectivity index (χ4n) is 1.62. The molecule has 0 aromatic heterocycles. The van der Waals surface area contributed by atoms with Crippen LogP contribution in [0, 0.1) is 0 Å². The zero-order valence-electron chi connectivity index (χ0n) is 12.2. The number of benzene rings is 1. The lowest BCUT2D eigenvalue weighted by atomic mass is 10.2. The van der Waals surface area contributed by atoms with Gasteiger partial charge in [-0.1, -0.05) is 22.9 Å². The summed E-state index contributed by atoms with van der Waals surface area (Å²) in [5.74, 6) is 0.316. The molecule has 20 heavy (non-hydrogen) atoms. The van der Waals surface area contributed by atoms with Crippen LogP contribution in [0.4, 0.5) is 0 Å². The van der Waals surface area contributed by atoms with Gasteiger partial charge in [-0.2, -0.15) is 0 Å². The fraction of sp³-hybridized carbons (Fsp3) is 0.533. The molecule has 0 bridgehead atoms. The Bertz CT molecular complexity index is 435. The molecule has 0 aliphatic heterocycles. The number of esters is 1. The number of hydrogen-bond donors (Lipinski definition) is 1. The minimum absolute atomic E-state index is 0.0678. The molecule has 0 aliphatic carbocycles. The van der Waals surface area contributed by atoms with E-state index in [4.69, 9.17) is 9.47 Å². The molecular formula is C15H22BrNO3. The van der Waals surface area contributed by atoms with Crippen LogP contribution in [0.25, 0.3) is 0 Å². The van der Waals surface area contributed by atoms with Gasteiger partial charge < -0.3 is 14.8 Å². The van der Waals surface area contributed by atoms with Crippen molar-refractivity contribution in [2.45, 2.75) is 39.8 Å². The highest BCUT2D eigenvalue weighted by Crippen LogP contribution is 2.22. The molecule has 112 valence electrons. The topological polar surface area (TPSA) is 47.6 Å². The first-order valence-corrected chi connectivity index (χ1v) is 7.63. The zero-order valence-corrected chi connectivity index (χ0v) is 13.8. The van der Waals surface area contributed by atoms with E-state index in [0.29, 0.717) is 5.75 Å². The molecule has 0 spiro atoms. The average Bonchev–Trinajstić information content (AvgIpc) is 2.39. The van der Waals surface area contributed by atoms with Crippen LogP contribution in [0.1, 0.15) is 32.8 Å². The van der Waals surface area contributed by atoms with Crippen molar-refractivity contribution in [3.63, 3.8) is 0 Å². The van der Waals surface area contributed by atoms with Crippen LogP contribution in [0.15, 0.2) is 22.7 Å². The molecule has 0 atom stereocenters. The number of ether oxygens (including phenoxy) is 2. The molecule has 0 unspecified atom stereocenters. The van der Waals surface area contributed by atoms with Crippen molar-refractivity contribution >= 4 is 21.9 Å². The summed E-state index contributed by atoms with van der Waals surface area (Å²) in [6, 6.07) is 5.68. The van der Waals surface area contributed by atoms with E-state index < -0.39 is 0 Å². The number of halogens is 1. The second-order valence-corrected chi connectivity index (χ2v) is 5.61. The van der Waals surface area contributed by atoms with Crippen LogP contribution in [-0.4, -0.2) is 25.2 Å². The molecule has 4 nitrogen and oxygen atoms in total. The van der Waals surface area contributed by atoms with Crippen LogP contribution < -0.4 is 10.1 Å². The number of hydrogen-bond acceptors (Lipinski definition) is 4. The van der Waals surface area contributed by atoms with Crippen LogP contribution in [0.3, 0.4) is 0 Å². The summed E-state index contributed by atoms with van der Waals surface area (Å²) in [6.07, 6.45) is 0.972. The number of rotatable bonds is 8. The molecule has 0 saturated carbocycles. The molecule has 0 fully saturated rings. The SMILES string of the molecule is CCCNCc1cc(OCC(=O)OC(C)C)ccc1Br. The molecule has 1 N–H and O–H groups in total. The summed E-state index contributed by atoms with van der Waals surface area (Å²) < 4.78 is 11.5. The van der Waals surface area contributed by atoms with Gasteiger partial charge in [-0.3, -0.25) is 0 Å². The van der Waals surface area contributed by atoms with Crippen molar-refractivity contribution in [3.8, 4) is 5.75 Å². The van der Waals surface area contributed by atoms with Crippen molar-refractivity contribution in [1.82, 2.24) is 5.32 Å². The summed E-state index contributed by atoms with van der Waals surface area (Å²) in [5, 5.41) is 3.33. The van der Waals surface area contributed by atoms with Gasteiger partial charge >= 0.3 is 5.97 Å². The summed E-state index contributed by atoms with van der Waals surface area (Å²) in [5.41, 5.74) is 1.10. The molecule has 0 radical (unpaired) electrons. The van der Waals surface area contributed by atoms with Gasteiger partial charge in [0, 0.05) is 11.0 Å². The molecule has 0 heterocycles. The van der Waals surface area contributed by atoms with Crippen molar-refractivity contribution in [2.75, 3.05) is 13.2 Å². The van der Waals surface area contributed by atoms with E-state index in [0.717, 1.165) is 29.5 Å². The Hall–Kier alpha value is -1.07. The Morgan fingerprint density at radius 2 is 2.15 bits per heavy atom. The van der Waals surface area contributed by atoms with Crippen molar-refractivity contribution < 1.29 is 14.3 Å². The first-order chi connectivity index (χ1) is 9.52. The molecule has 5 heteroatoms. The maximum atomic E-state index is 11.4. The third-order valence-electron chi connectivity index (χ3n) is 2.48. The summed E-state index contributed by atoms with van der Waals surface area (Å²) in [4.78, 5) is 11.4. The van der Waals surface area contributed by atoms with Crippen LogP contribution in [0.2, 0.25) is 0 Å². The second-order valence-electron chi connectivity index (χ2n) is 4.76. The molecule has 0 aliphatic rings. The maximum Gasteiger partial charge on any atom is 0.344 e. The number of nitrogens with one attached hydrogen (secondary N) is 1. The van der Waals surface area contributed by atoms with Gasteiger partial charge in [-0.25, -0.2) is 4.79 Å². The van der Waals surface area contributed by atoms with Gasteiger partial charge in [0.1, 0.15) is 5.75 Å². The highest BCUT2D eigenvalue weighted by Gasteiger charge is 2.08. The quantitative estimate of drug-likeness (QED) is 0.581. The van der Waals surface area contributed by atoms with E-state index in [9.17, 15) is 4.79 Å². The van der Waals surface area contributed by atoms with Gasteiger partial charge in [0.15, 0.2) is 6.61 Å². The first-order valence-electron chi connectivity index (χ1n) is 6.84. The fourth-order valence-corrected chi connectivity index (χ4v) is 2.00. The monoisotopic (exact) mass is 343 g/mol. The van der Waals surface area contributed by atoms with Crippen LogP contribution in [-0.2, 0) is 16.1 Å². The minimum Gasteiger partial charge on any atom is -0.482 e. The Kier molecular flexibility index (Phi) is 7.62. The predicted molar refractivity (Wildman–Crippen MR) is 82.9 cm³/mol. The van der Waals surface area contributed by atoms with E-state index in [1.165, 1.54) is 0 Å². The second kappa shape index (κ2) is 8.97. The van der Waals surface area contributed by atoms with Gasteiger partial charge in [-0.05, 0) is 50.6 Å². The standard InChI is InChI=1S/C15H22BrNO3/c1-4-7-17-9-12-8-13(5-6-14(12)16)19-10-15(18)20-11(2)3/h5-6,8,11,17H,4,7,9-10H2,1-3H3. The minimum atomic E-state index is -0.353. The summed E-state index contributed by atoms with van der Waals surface area (Å²) in [6.45, 7) is 7.42. The van der Waals surface area contributed by atoms with Gasteiger partial charge in [0.2, 0.25) is 0 Å². The third-order valence-corrected chi connectivity index (χ3v) is 3.26. The van der Waals surface area contributed by atoms with Crippen molar-refractivity contribution in [2.24, 2.45) is 0 Å². The Morgan fingerprint density at radius 3 is 2.80 bits per heavy atom. The Balaban J connectivity index is 2.54. The normalized spacial score (nSPS) is 10.7. The molecule has 0 amide bonds. The van der Waals surface area contributed by atoms with E-state index in [1.54, 1.807) is 0 Å². The van der Waals surface area contributed by atoms with Crippen LogP contribution in [0.5, 0.6) is 5.75 Å². The van der Waals surface area contributed by atoms with Crippen LogP contribution >= 0.6 is 15.9 Å². The predicted octanol–water partition coefficient (Wildman–Crippen LogP) is 3.28. The lowest BCUT2D eigenvalue weighted by molar-refractivity contribution is -0.149. The summed E-state index contributed by atoms with van der Waals surface area (Å²) in [7, 11) is 0. The Morgan fingerprint density at radius 1 is 1.40 bits per heavy atom. The van der Waals surface area contributed by atoms with E-state index in [-0.39, 0.29) is 18.7 Å². The highest BCUT2D eigenvalue weighted by molar-refractivity contribution is 9.10. The van der Waals surface area contributed by atoms with E-state index in [2.05, 4.69) is 28.2 Å². The molecule has 0 saturated heterocycles. The van der Waals surface area contributed by atoms with Gasteiger partial charge in [0.25, 0.3) is 0 Å². The lowest BCUT2D eigenvalue weighted by Crippen LogP contribution is -2.19.